The lowest BCUT2D eigenvalue weighted by Gasteiger charge is -2.39. The predicted molar refractivity (Wildman–Crippen MR) is 129 cm³/mol. The molecule has 2 atom stereocenters. The molecule has 4 rings (SSSR count). The molecule has 0 spiro atoms. The maximum Gasteiger partial charge on any atom is 0.252 e. The van der Waals surface area contributed by atoms with E-state index in [2.05, 4.69) is 29.3 Å². The molecular weight excluding hydrogens is 460 g/mol. The van der Waals surface area contributed by atoms with Crippen molar-refractivity contribution in [2.45, 2.75) is 23.2 Å². The van der Waals surface area contributed by atoms with E-state index in [0.717, 1.165) is 13.1 Å². The molecule has 0 aliphatic carbocycles. The number of benzene rings is 1. The fraction of sp³-hybridized carbons (Fsp3) is 0.522. The number of nitrogens with zero attached hydrogens (tertiary/aromatic N) is 3. The van der Waals surface area contributed by atoms with E-state index in [4.69, 9.17) is 4.74 Å². The van der Waals surface area contributed by atoms with Crippen LogP contribution in [0.15, 0.2) is 52.1 Å². The highest BCUT2D eigenvalue weighted by Crippen LogP contribution is 2.26. The van der Waals surface area contributed by atoms with Crippen LogP contribution in [0.4, 0.5) is 0 Å². The summed E-state index contributed by atoms with van der Waals surface area (Å²) < 4.78 is 32.8. The molecule has 2 aliphatic rings. The van der Waals surface area contributed by atoms with E-state index in [1.165, 1.54) is 21.2 Å². The van der Waals surface area contributed by atoms with E-state index < -0.39 is 10.0 Å². The average molecular weight is 493 g/mol. The number of nitrogens with one attached hydrogen (secondary N) is 1. The first kappa shape index (κ1) is 24.3. The molecule has 2 aromatic rings. The van der Waals surface area contributed by atoms with Gasteiger partial charge in [-0.2, -0.15) is 4.31 Å². The summed E-state index contributed by atoms with van der Waals surface area (Å²) in [6, 6.07) is 13.7. The molecule has 1 aromatic heterocycles. The van der Waals surface area contributed by atoms with Crippen molar-refractivity contribution in [1.82, 2.24) is 19.4 Å². The van der Waals surface area contributed by atoms with Gasteiger partial charge in [-0.1, -0.05) is 36.4 Å². The van der Waals surface area contributed by atoms with Crippen LogP contribution in [0.5, 0.6) is 0 Å². The van der Waals surface area contributed by atoms with E-state index >= 15 is 0 Å². The van der Waals surface area contributed by atoms with Gasteiger partial charge in [0.15, 0.2) is 0 Å². The van der Waals surface area contributed by atoms with E-state index in [-0.39, 0.29) is 24.5 Å². The summed E-state index contributed by atoms with van der Waals surface area (Å²) in [5.41, 5.74) is 1.18. The van der Waals surface area contributed by atoms with Crippen LogP contribution >= 0.6 is 11.3 Å². The lowest BCUT2D eigenvalue weighted by Crippen LogP contribution is -2.53. The zero-order valence-corrected chi connectivity index (χ0v) is 20.6. The van der Waals surface area contributed by atoms with Crippen molar-refractivity contribution < 1.29 is 17.9 Å². The third-order valence-electron chi connectivity index (χ3n) is 6.23. The number of hydrogen-bond donors (Lipinski definition) is 1. The van der Waals surface area contributed by atoms with Gasteiger partial charge in [-0.05, 0) is 23.9 Å². The quantitative estimate of drug-likeness (QED) is 0.603. The number of sulfonamides is 1. The van der Waals surface area contributed by atoms with Crippen molar-refractivity contribution >= 4 is 27.3 Å². The van der Waals surface area contributed by atoms with Crippen LogP contribution < -0.4 is 5.32 Å². The summed E-state index contributed by atoms with van der Waals surface area (Å²) in [4.78, 5) is 17.3. The van der Waals surface area contributed by atoms with Gasteiger partial charge in [0.25, 0.3) is 10.0 Å². The topological polar surface area (TPSA) is 82.2 Å². The van der Waals surface area contributed by atoms with Gasteiger partial charge in [-0.25, -0.2) is 8.42 Å². The summed E-state index contributed by atoms with van der Waals surface area (Å²) >= 11 is 1.24. The molecule has 33 heavy (non-hydrogen) atoms. The normalized spacial score (nSPS) is 20.9. The molecule has 2 fully saturated rings. The lowest BCUT2D eigenvalue weighted by atomic mass is 9.98. The van der Waals surface area contributed by atoms with Crippen molar-refractivity contribution in [3.8, 4) is 0 Å². The minimum Gasteiger partial charge on any atom is -0.379 e. The van der Waals surface area contributed by atoms with Crippen LogP contribution in [0, 0.1) is 0 Å². The maximum atomic E-state index is 12.9. The highest BCUT2D eigenvalue weighted by molar-refractivity contribution is 7.91. The molecule has 0 saturated carbocycles. The number of piperazine rings is 1. The Hall–Kier alpha value is -1.82. The molecule has 2 saturated heterocycles. The van der Waals surface area contributed by atoms with Crippen LogP contribution in [-0.4, -0.2) is 93.5 Å². The smallest absolute Gasteiger partial charge is 0.252 e. The Morgan fingerprint density at radius 1 is 1.03 bits per heavy atom. The summed E-state index contributed by atoms with van der Waals surface area (Å²) in [6.45, 7) is 7.24. The molecule has 2 aliphatic heterocycles. The first-order valence-corrected chi connectivity index (χ1v) is 13.7. The van der Waals surface area contributed by atoms with Gasteiger partial charge < -0.3 is 10.1 Å². The van der Waals surface area contributed by atoms with Crippen LogP contribution in [-0.2, 0) is 19.6 Å². The Morgan fingerprint density at radius 3 is 2.36 bits per heavy atom. The second-order valence-corrected chi connectivity index (χ2v) is 11.6. The summed E-state index contributed by atoms with van der Waals surface area (Å²) in [7, 11) is -3.44. The monoisotopic (exact) mass is 492 g/mol. The summed E-state index contributed by atoms with van der Waals surface area (Å²) in [5.74, 6) is -0.0359. The van der Waals surface area contributed by atoms with Gasteiger partial charge in [-0.3, -0.25) is 14.6 Å². The first-order valence-electron chi connectivity index (χ1n) is 11.4. The van der Waals surface area contributed by atoms with Gasteiger partial charge in [0.05, 0.1) is 25.8 Å². The molecular formula is C23H32N4O4S2. The van der Waals surface area contributed by atoms with E-state index in [1.54, 1.807) is 17.5 Å². The SMILES string of the molecule is C[C@H](NC(=O)CN1CCN(S(=O)(=O)c2cccs2)CC1)[C@H](c1ccccc1)N1CCOCC1. The number of hydrogen-bond acceptors (Lipinski definition) is 7. The minimum absolute atomic E-state index is 0.0359. The molecule has 0 radical (unpaired) electrons. The highest BCUT2D eigenvalue weighted by atomic mass is 32.2. The Balaban J connectivity index is 1.32. The maximum absolute atomic E-state index is 12.9. The molecule has 3 heterocycles. The average Bonchev–Trinajstić information content (AvgIpc) is 3.37. The second-order valence-electron chi connectivity index (χ2n) is 8.47. The van der Waals surface area contributed by atoms with Crippen LogP contribution in [0.1, 0.15) is 18.5 Å². The summed E-state index contributed by atoms with van der Waals surface area (Å²) in [6.07, 6.45) is 0. The number of carbonyl (C=O) groups is 1. The van der Waals surface area contributed by atoms with E-state index in [9.17, 15) is 13.2 Å². The molecule has 1 N–H and O–H groups in total. The van der Waals surface area contributed by atoms with Gasteiger partial charge in [0, 0.05) is 45.3 Å². The molecule has 0 unspecified atom stereocenters. The number of ether oxygens (including phenoxy) is 1. The van der Waals surface area contributed by atoms with Crippen LogP contribution in [0.25, 0.3) is 0 Å². The third-order valence-corrected chi connectivity index (χ3v) is 9.50. The van der Waals surface area contributed by atoms with E-state index in [1.807, 2.05) is 23.1 Å². The van der Waals surface area contributed by atoms with Gasteiger partial charge in [0.1, 0.15) is 4.21 Å². The fourth-order valence-electron chi connectivity index (χ4n) is 4.57. The molecule has 0 bridgehead atoms. The number of amides is 1. The largest absolute Gasteiger partial charge is 0.379 e. The molecule has 1 amide bonds. The Kier molecular flexibility index (Phi) is 8.15. The highest BCUT2D eigenvalue weighted by Gasteiger charge is 2.31. The second kappa shape index (κ2) is 11.1. The van der Waals surface area contributed by atoms with Crippen LogP contribution in [0.3, 0.4) is 0 Å². The zero-order valence-electron chi connectivity index (χ0n) is 18.9. The standard InChI is InChI=1S/C23H32N4O4S2/c1-19(23(20-6-3-2-4-7-20)26-13-15-31-16-14-26)24-21(28)18-25-9-11-27(12-10-25)33(29,30)22-8-5-17-32-22/h2-8,17,19,23H,9-16,18H2,1H3,(H,24,28)/t19-,23+/m0/s1. The number of thiophene rings is 1. The van der Waals surface area contributed by atoms with Gasteiger partial charge in [0.2, 0.25) is 5.91 Å². The molecule has 1 aromatic carbocycles. The fourth-order valence-corrected chi connectivity index (χ4v) is 7.14. The van der Waals surface area contributed by atoms with Crippen molar-refractivity contribution in [2.75, 3.05) is 59.0 Å². The number of rotatable bonds is 8. The summed E-state index contributed by atoms with van der Waals surface area (Å²) in [5, 5.41) is 4.97. The Bertz CT molecular complexity index is 987. The molecule has 180 valence electrons. The predicted octanol–water partition coefficient (Wildman–Crippen LogP) is 1.63. The van der Waals surface area contributed by atoms with Crippen LogP contribution in [0.2, 0.25) is 0 Å². The Morgan fingerprint density at radius 2 is 1.73 bits per heavy atom. The van der Waals surface area contributed by atoms with Crippen molar-refractivity contribution in [1.29, 1.82) is 0 Å². The molecule has 10 heteroatoms. The Labute approximate surface area is 200 Å². The van der Waals surface area contributed by atoms with Crippen molar-refractivity contribution in [3.05, 3.63) is 53.4 Å². The lowest BCUT2D eigenvalue weighted by molar-refractivity contribution is -0.123. The third kappa shape index (κ3) is 6.00. The number of carbonyl (C=O) groups excluding carboxylic acids is 1. The minimum atomic E-state index is -3.44. The van der Waals surface area contributed by atoms with Crippen molar-refractivity contribution in [3.63, 3.8) is 0 Å². The van der Waals surface area contributed by atoms with Gasteiger partial charge in [-0.15, -0.1) is 11.3 Å². The molecule has 8 nitrogen and oxygen atoms in total. The first-order chi connectivity index (χ1) is 15.9. The zero-order chi connectivity index (χ0) is 23.3. The van der Waals surface area contributed by atoms with E-state index in [0.29, 0.717) is 43.6 Å². The number of morpholine rings is 1. The van der Waals surface area contributed by atoms with Crippen molar-refractivity contribution in [2.24, 2.45) is 0 Å². The van der Waals surface area contributed by atoms with Gasteiger partial charge >= 0.3 is 0 Å².